The van der Waals surface area contributed by atoms with Crippen molar-refractivity contribution in [2.24, 2.45) is 0 Å². The highest BCUT2D eigenvalue weighted by Gasteiger charge is 2.38. The van der Waals surface area contributed by atoms with E-state index >= 15 is 0 Å². The van der Waals surface area contributed by atoms with Gasteiger partial charge in [-0.3, -0.25) is 14.5 Å². The lowest BCUT2D eigenvalue weighted by atomic mass is 9.92. The summed E-state index contributed by atoms with van der Waals surface area (Å²) in [6.07, 6.45) is 6.24. The molecule has 4 N–H and O–H groups in total. The second-order valence-electron chi connectivity index (χ2n) is 10.3. The molecule has 2 heterocycles. The van der Waals surface area contributed by atoms with E-state index in [0.29, 0.717) is 41.2 Å². The fourth-order valence-corrected chi connectivity index (χ4v) is 5.35. The number of likely N-dealkylation sites (tertiary alicyclic amines) is 1. The standard InChI is InChI=1S/C32H33N5O3/c33-19-23-9-14-25(15-10-23)35-32(39)28(4-3-17-37-20-27-18-26(37)21-40-27)24-12-7-22(8-13-24)11-16-31(38)36-30-6-2-1-5-29(30)34/h1-2,5-16,26-28H,3-4,17-18,20-21,34H2,(H,35,39)(H,36,38)/b16-11+/t26-,27-,28?/m1/s1. The molecule has 3 aromatic carbocycles. The van der Waals surface area contributed by atoms with Crippen molar-refractivity contribution < 1.29 is 14.3 Å². The molecule has 1 unspecified atom stereocenters. The number of ether oxygens (including phenoxy) is 1. The fourth-order valence-electron chi connectivity index (χ4n) is 5.35. The van der Waals surface area contributed by atoms with Crippen LogP contribution in [0.25, 0.3) is 6.08 Å². The van der Waals surface area contributed by atoms with Crippen LogP contribution in [0.2, 0.25) is 0 Å². The van der Waals surface area contributed by atoms with Crippen molar-refractivity contribution in [3.05, 3.63) is 95.6 Å². The molecule has 0 saturated carbocycles. The van der Waals surface area contributed by atoms with Crippen LogP contribution in [0, 0.1) is 11.3 Å². The first-order valence-electron chi connectivity index (χ1n) is 13.6. The van der Waals surface area contributed by atoms with Gasteiger partial charge in [0.25, 0.3) is 0 Å². The minimum Gasteiger partial charge on any atom is -0.397 e. The summed E-state index contributed by atoms with van der Waals surface area (Å²) in [5, 5.41) is 14.9. The largest absolute Gasteiger partial charge is 0.397 e. The molecule has 8 heteroatoms. The third-order valence-electron chi connectivity index (χ3n) is 7.53. The first-order valence-corrected chi connectivity index (χ1v) is 13.6. The number of rotatable bonds is 10. The number of carbonyl (C=O) groups is 2. The number of nitrogen functional groups attached to an aromatic ring is 1. The van der Waals surface area contributed by atoms with Gasteiger partial charge in [0.15, 0.2) is 0 Å². The summed E-state index contributed by atoms with van der Waals surface area (Å²) in [5.41, 5.74) is 9.94. The lowest BCUT2D eigenvalue weighted by Crippen LogP contribution is -2.37. The zero-order chi connectivity index (χ0) is 27.9. The Hall–Kier alpha value is -4.45. The SMILES string of the molecule is N#Cc1ccc(NC(=O)C(CCCN2C[C@H]3C[C@@H]2CO3)c2ccc(/C=C/C(=O)Nc3ccccc3N)cc2)cc1. The van der Waals surface area contributed by atoms with Gasteiger partial charge in [0.05, 0.1) is 41.6 Å². The summed E-state index contributed by atoms with van der Waals surface area (Å²) in [6.45, 7) is 2.71. The first-order chi connectivity index (χ1) is 19.5. The number of anilines is 3. The zero-order valence-electron chi connectivity index (χ0n) is 22.3. The van der Waals surface area contributed by atoms with Gasteiger partial charge in [0, 0.05) is 24.4 Å². The Morgan fingerprint density at radius 3 is 2.52 bits per heavy atom. The number of nitrogens with one attached hydrogen (secondary N) is 2. The monoisotopic (exact) mass is 535 g/mol. The highest BCUT2D eigenvalue weighted by atomic mass is 16.5. The summed E-state index contributed by atoms with van der Waals surface area (Å²) in [4.78, 5) is 28.3. The zero-order valence-corrected chi connectivity index (χ0v) is 22.3. The minimum absolute atomic E-state index is 0.0842. The Balaban J connectivity index is 1.24. The molecule has 8 nitrogen and oxygen atoms in total. The number of nitriles is 1. The highest BCUT2D eigenvalue weighted by molar-refractivity contribution is 6.03. The molecular weight excluding hydrogens is 502 g/mol. The van der Waals surface area contributed by atoms with Crippen molar-refractivity contribution in [1.29, 1.82) is 5.26 Å². The van der Waals surface area contributed by atoms with Crippen LogP contribution in [0.15, 0.2) is 78.9 Å². The minimum atomic E-state index is -0.339. The maximum Gasteiger partial charge on any atom is 0.248 e. The van der Waals surface area contributed by atoms with Crippen molar-refractivity contribution in [3.8, 4) is 6.07 Å². The molecule has 3 aromatic rings. The lowest BCUT2D eigenvalue weighted by molar-refractivity contribution is -0.117. The molecule has 2 aliphatic heterocycles. The number of morpholine rings is 1. The average Bonchev–Trinajstić information content (AvgIpc) is 3.60. The number of carbonyl (C=O) groups excluding carboxylic acids is 2. The molecule has 204 valence electrons. The summed E-state index contributed by atoms with van der Waals surface area (Å²) in [7, 11) is 0. The van der Waals surface area contributed by atoms with Crippen molar-refractivity contribution in [2.45, 2.75) is 37.3 Å². The quantitative estimate of drug-likeness (QED) is 0.254. The molecule has 0 spiro atoms. The normalized spacial score (nSPS) is 18.9. The highest BCUT2D eigenvalue weighted by Crippen LogP contribution is 2.30. The molecule has 2 saturated heterocycles. The second-order valence-corrected chi connectivity index (χ2v) is 10.3. The van der Waals surface area contributed by atoms with E-state index in [-0.39, 0.29) is 17.7 Å². The van der Waals surface area contributed by atoms with E-state index in [4.69, 9.17) is 15.7 Å². The Labute approximate surface area is 234 Å². The molecule has 2 fully saturated rings. The molecule has 0 aliphatic carbocycles. The van der Waals surface area contributed by atoms with Gasteiger partial charge in [-0.05, 0) is 79.4 Å². The van der Waals surface area contributed by atoms with E-state index in [1.165, 1.54) is 6.08 Å². The summed E-state index contributed by atoms with van der Waals surface area (Å²) in [5.74, 6) is -0.698. The van der Waals surface area contributed by atoms with E-state index in [9.17, 15) is 9.59 Å². The number of para-hydroxylation sites is 2. The van der Waals surface area contributed by atoms with Crippen molar-refractivity contribution in [1.82, 2.24) is 4.90 Å². The van der Waals surface area contributed by atoms with E-state index in [0.717, 1.165) is 43.7 Å². The predicted octanol–water partition coefficient (Wildman–Crippen LogP) is 4.77. The van der Waals surface area contributed by atoms with Gasteiger partial charge in [-0.2, -0.15) is 5.26 Å². The number of nitrogens with zero attached hydrogens (tertiary/aromatic N) is 2. The Morgan fingerprint density at radius 2 is 1.85 bits per heavy atom. The van der Waals surface area contributed by atoms with Gasteiger partial charge in [0.2, 0.25) is 11.8 Å². The maximum atomic E-state index is 13.4. The Bertz CT molecular complexity index is 1410. The van der Waals surface area contributed by atoms with Crippen molar-refractivity contribution in [2.75, 3.05) is 36.1 Å². The summed E-state index contributed by atoms with van der Waals surface area (Å²) >= 11 is 0. The van der Waals surface area contributed by atoms with Gasteiger partial charge in [-0.1, -0.05) is 36.4 Å². The van der Waals surface area contributed by atoms with Crippen LogP contribution in [0.5, 0.6) is 0 Å². The van der Waals surface area contributed by atoms with Crippen LogP contribution in [0.3, 0.4) is 0 Å². The van der Waals surface area contributed by atoms with Crippen molar-refractivity contribution >= 4 is 35.0 Å². The number of amides is 2. The van der Waals surface area contributed by atoms with E-state index in [1.807, 2.05) is 36.4 Å². The molecule has 0 radical (unpaired) electrons. The molecule has 2 amide bonds. The topological polar surface area (TPSA) is 120 Å². The van der Waals surface area contributed by atoms with Crippen LogP contribution in [-0.2, 0) is 14.3 Å². The van der Waals surface area contributed by atoms with Crippen LogP contribution in [0.4, 0.5) is 17.1 Å². The van der Waals surface area contributed by atoms with Crippen LogP contribution in [-0.4, -0.2) is 48.6 Å². The molecule has 2 bridgehead atoms. The van der Waals surface area contributed by atoms with Crippen molar-refractivity contribution in [3.63, 3.8) is 0 Å². The van der Waals surface area contributed by atoms with Gasteiger partial charge >= 0.3 is 0 Å². The van der Waals surface area contributed by atoms with Gasteiger partial charge in [0.1, 0.15) is 0 Å². The number of benzene rings is 3. The van der Waals surface area contributed by atoms with E-state index in [1.54, 1.807) is 42.5 Å². The number of fused-ring (bicyclic) bond motifs is 2. The fraction of sp³-hybridized carbons (Fsp3) is 0.281. The number of hydrogen-bond acceptors (Lipinski definition) is 6. The Morgan fingerprint density at radius 1 is 1.07 bits per heavy atom. The Kier molecular flexibility index (Phi) is 8.55. The predicted molar refractivity (Wildman–Crippen MR) is 156 cm³/mol. The molecule has 2 aliphatic rings. The summed E-state index contributed by atoms with van der Waals surface area (Å²) < 4.78 is 5.72. The molecule has 3 atom stereocenters. The molecule has 5 rings (SSSR count). The van der Waals surface area contributed by atoms with Gasteiger partial charge in [-0.15, -0.1) is 0 Å². The average molecular weight is 536 g/mol. The van der Waals surface area contributed by atoms with E-state index in [2.05, 4.69) is 21.6 Å². The third kappa shape index (κ3) is 6.75. The first kappa shape index (κ1) is 27.1. The third-order valence-corrected chi connectivity index (χ3v) is 7.53. The maximum absolute atomic E-state index is 13.4. The number of nitrogens with two attached hydrogens (primary N) is 1. The van der Waals surface area contributed by atoms with Gasteiger partial charge < -0.3 is 21.1 Å². The van der Waals surface area contributed by atoms with E-state index < -0.39 is 0 Å². The molecule has 40 heavy (non-hydrogen) atoms. The van der Waals surface area contributed by atoms with Crippen LogP contribution in [0.1, 0.15) is 41.9 Å². The van der Waals surface area contributed by atoms with Crippen LogP contribution >= 0.6 is 0 Å². The molecular formula is C32H33N5O3. The number of hydrogen-bond donors (Lipinski definition) is 3. The van der Waals surface area contributed by atoms with Gasteiger partial charge in [-0.25, -0.2) is 0 Å². The summed E-state index contributed by atoms with van der Waals surface area (Å²) in [6, 6.07) is 24.3. The van der Waals surface area contributed by atoms with Crippen LogP contribution < -0.4 is 16.4 Å². The second kappa shape index (κ2) is 12.6. The lowest BCUT2D eigenvalue weighted by Gasteiger charge is -2.27. The smallest absolute Gasteiger partial charge is 0.248 e. The molecule has 0 aromatic heterocycles.